The lowest BCUT2D eigenvalue weighted by atomic mass is 9.88. The zero-order valence-corrected chi connectivity index (χ0v) is 12.2. The molecule has 2 unspecified atom stereocenters. The fourth-order valence-electron chi connectivity index (χ4n) is 2.64. The van der Waals surface area contributed by atoms with Crippen LogP contribution in [-0.4, -0.2) is 16.2 Å². The van der Waals surface area contributed by atoms with Crippen LogP contribution in [-0.2, 0) is 6.61 Å². The van der Waals surface area contributed by atoms with Crippen molar-refractivity contribution in [3.05, 3.63) is 23.4 Å². The van der Waals surface area contributed by atoms with Crippen LogP contribution >= 0.6 is 0 Å². The molecule has 0 amide bonds. The van der Waals surface area contributed by atoms with Crippen molar-refractivity contribution in [3.63, 3.8) is 0 Å². The third kappa shape index (κ3) is 3.69. The van der Waals surface area contributed by atoms with E-state index in [2.05, 4.69) is 25.8 Å². The van der Waals surface area contributed by atoms with Crippen molar-refractivity contribution < 1.29 is 9.84 Å². The van der Waals surface area contributed by atoms with Crippen LogP contribution in [0.5, 0.6) is 5.88 Å². The van der Waals surface area contributed by atoms with Crippen molar-refractivity contribution in [2.45, 2.75) is 65.1 Å². The van der Waals surface area contributed by atoms with E-state index in [1.54, 1.807) is 0 Å². The van der Waals surface area contributed by atoms with E-state index in [0.29, 0.717) is 17.7 Å². The molecule has 19 heavy (non-hydrogen) atoms. The molecule has 1 aliphatic rings. The van der Waals surface area contributed by atoms with E-state index in [1.807, 2.05) is 12.1 Å². The van der Waals surface area contributed by atoms with Crippen molar-refractivity contribution in [2.24, 2.45) is 5.92 Å². The predicted octanol–water partition coefficient (Wildman–Crippen LogP) is 3.65. The first kappa shape index (κ1) is 14.3. The molecule has 0 aliphatic heterocycles. The fourth-order valence-corrected chi connectivity index (χ4v) is 2.64. The van der Waals surface area contributed by atoms with Gasteiger partial charge in [0, 0.05) is 11.8 Å². The summed E-state index contributed by atoms with van der Waals surface area (Å²) in [6.07, 6.45) is 5.17. The number of nitrogens with zero attached hydrogens (tertiary/aromatic N) is 1. The SMILES string of the molecule is CC(C)c1cc(CO)cc(OC2CCCCC2C)n1. The van der Waals surface area contributed by atoms with Gasteiger partial charge in [-0.3, -0.25) is 0 Å². The van der Waals surface area contributed by atoms with Crippen LogP contribution in [0, 0.1) is 5.92 Å². The number of hydrogen-bond acceptors (Lipinski definition) is 3. The molecular weight excluding hydrogens is 238 g/mol. The molecule has 0 radical (unpaired) electrons. The quantitative estimate of drug-likeness (QED) is 0.901. The van der Waals surface area contributed by atoms with Crippen molar-refractivity contribution in [3.8, 4) is 5.88 Å². The maximum Gasteiger partial charge on any atom is 0.214 e. The second kappa shape index (κ2) is 6.38. The van der Waals surface area contributed by atoms with Gasteiger partial charge in [0.25, 0.3) is 0 Å². The molecule has 0 saturated heterocycles. The van der Waals surface area contributed by atoms with Crippen LogP contribution in [0.4, 0.5) is 0 Å². The van der Waals surface area contributed by atoms with E-state index in [1.165, 1.54) is 19.3 Å². The van der Waals surface area contributed by atoms with E-state index in [4.69, 9.17) is 4.74 Å². The lowest BCUT2D eigenvalue weighted by molar-refractivity contribution is 0.0970. The number of hydrogen-bond donors (Lipinski definition) is 1. The third-order valence-corrected chi connectivity index (χ3v) is 3.96. The van der Waals surface area contributed by atoms with Gasteiger partial charge >= 0.3 is 0 Å². The molecule has 1 saturated carbocycles. The van der Waals surface area contributed by atoms with E-state index in [0.717, 1.165) is 17.7 Å². The number of aliphatic hydroxyl groups excluding tert-OH is 1. The van der Waals surface area contributed by atoms with Crippen molar-refractivity contribution >= 4 is 0 Å². The summed E-state index contributed by atoms with van der Waals surface area (Å²) in [5, 5.41) is 9.34. The maximum atomic E-state index is 9.34. The van der Waals surface area contributed by atoms with Crippen molar-refractivity contribution in [1.29, 1.82) is 0 Å². The molecule has 0 aromatic carbocycles. The zero-order chi connectivity index (χ0) is 13.8. The van der Waals surface area contributed by atoms with E-state index in [-0.39, 0.29) is 12.7 Å². The van der Waals surface area contributed by atoms with Crippen LogP contribution in [0.15, 0.2) is 12.1 Å². The van der Waals surface area contributed by atoms with Crippen LogP contribution in [0.1, 0.15) is 63.6 Å². The maximum absolute atomic E-state index is 9.34. The number of aromatic nitrogens is 1. The predicted molar refractivity (Wildman–Crippen MR) is 76.3 cm³/mol. The molecule has 2 atom stereocenters. The molecule has 3 nitrogen and oxygen atoms in total. The monoisotopic (exact) mass is 263 g/mol. The first-order valence-corrected chi connectivity index (χ1v) is 7.38. The molecule has 1 aromatic heterocycles. The standard InChI is InChI=1S/C16H25NO2/c1-11(2)14-8-13(10-18)9-16(17-14)19-15-7-5-4-6-12(15)3/h8-9,11-12,15,18H,4-7,10H2,1-3H3. The highest BCUT2D eigenvalue weighted by Gasteiger charge is 2.23. The molecule has 106 valence electrons. The normalized spacial score (nSPS) is 23.6. The van der Waals surface area contributed by atoms with Gasteiger partial charge in [-0.05, 0) is 42.7 Å². The average molecular weight is 263 g/mol. The Morgan fingerprint density at radius 1 is 1.32 bits per heavy atom. The van der Waals surface area contributed by atoms with Crippen molar-refractivity contribution in [1.82, 2.24) is 4.98 Å². The number of pyridine rings is 1. The van der Waals surface area contributed by atoms with Crippen LogP contribution in [0.3, 0.4) is 0 Å². The highest BCUT2D eigenvalue weighted by molar-refractivity contribution is 5.26. The molecule has 1 heterocycles. The molecule has 2 rings (SSSR count). The lowest BCUT2D eigenvalue weighted by Gasteiger charge is -2.29. The smallest absolute Gasteiger partial charge is 0.214 e. The fraction of sp³-hybridized carbons (Fsp3) is 0.688. The Morgan fingerprint density at radius 2 is 2.05 bits per heavy atom. The van der Waals surface area contributed by atoms with Gasteiger partial charge in [0.1, 0.15) is 6.10 Å². The molecule has 0 bridgehead atoms. The lowest BCUT2D eigenvalue weighted by Crippen LogP contribution is -2.28. The van der Waals surface area contributed by atoms with Gasteiger partial charge in [-0.15, -0.1) is 0 Å². The van der Waals surface area contributed by atoms with Crippen LogP contribution in [0.2, 0.25) is 0 Å². The van der Waals surface area contributed by atoms with Crippen LogP contribution in [0.25, 0.3) is 0 Å². The molecule has 1 N–H and O–H groups in total. The summed E-state index contributed by atoms with van der Waals surface area (Å²) in [5.74, 6) is 1.61. The summed E-state index contributed by atoms with van der Waals surface area (Å²) in [5.41, 5.74) is 1.88. The average Bonchev–Trinajstić information content (AvgIpc) is 2.41. The number of ether oxygens (including phenoxy) is 1. The summed E-state index contributed by atoms with van der Waals surface area (Å²) >= 11 is 0. The summed E-state index contributed by atoms with van der Waals surface area (Å²) in [7, 11) is 0. The Hall–Kier alpha value is -1.09. The van der Waals surface area contributed by atoms with Gasteiger partial charge in [0.2, 0.25) is 5.88 Å². The zero-order valence-electron chi connectivity index (χ0n) is 12.2. The first-order valence-electron chi connectivity index (χ1n) is 7.38. The highest BCUT2D eigenvalue weighted by atomic mass is 16.5. The molecule has 1 fully saturated rings. The molecule has 0 spiro atoms. The topological polar surface area (TPSA) is 42.4 Å². The van der Waals surface area contributed by atoms with Gasteiger partial charge in [-0.1, -0.05) is 27.2 Å². The molecule has 1 aliphatic carbocycles. The number of aliphatic hydroxyl groups is 1. The summed E-state index contributed by atoms with van der Waals surface area (Å²) in [4.78, 5) is 4.58. The Bertz CT molecular complexity index is 417. The first-order chi connectivity index (χ1) is 9.10. The van der Waals surface area contributed by atoms with E-state index < -0.39 is 0 Å². The Balaban J connectivity index is 2.16. The van der Waals surface area contributed by atoms with Crippen molar-refractivity contribution in [2.75, 3.05) is 0 Å². The highest BCUT2D eigenvalue weighted by Crippen LogP contribution is 2.28. The Labute approximate surface area is 116 Å². The van der Waals surface area contributed by atoms with E-state index in [9.17, 15) is 5.11 Å². The summed E-state index contributed by atoms with van der Waals surface area (Å²) < 4.78 is 6.08. The van der Waals surface area contributed by atoms with Gasteiger partial charge in [-0.2, -0.15) is 0 Å². The van der Waals surface area contributed by atoms with Gasteiger partial charge in [0.05, 0.1) is 6.61 Å². The molecular formula is C16H25NO2. The molecule has 1 aromatic rings. The minimum absolute atomic E-state index is 0.0405. The van der Waals surface area contributed by atoms with Gasteiger partial charge in [-0.25, -0.2) is 4.98 Å². The third-order valence-electron chi connectivity index (χ3n) is 3.96. The summed E-state index contributed by atoms with van der Waals surface area (Å²) in [6.45, 7) is 6.51. The summed E-state index contributed by atoms with van der Waals surface area (Å²) in [6, 6.07) is 3.83. The van der Waals surface area contributed by atoms with Crippen LogP contribution < -0.4 is 4.74 Å². The van der Waals surface area contributed by atoms with E-state index >= 15 is 0 Å². The second-order valence-electron chi connectivity index (χ2n) is 5.97. The van der Waals surface area contributed by atoms with Gasteiger partial charge in [0.15, 0.2) is 0 Å². The molecule has 3 heteroatoms. The van der Waals surface area contributed by atoms with Gasteiger partial charge < -0.3 is 9.84 Å². The number of rotatable bonds is 4. The Morgan fingerprint density at radius 3 is 2.68 bits per heavy atom. The minimum atomic E-state index is 0.0405. The second-order valence-corrected chi connectivity index (χ2v) is 5.97. The Kier molecular flexibility index (Phi) is 4.81. The largest absolute Gasteiger partial charge is 0.474 e. The minimum Gasteiger partial charge on any atom is -0.474 e.